The molecule has 1 rings (SSSR count). The van der Waals surface area contributed by atoms with Crippen molar-refractivity contribution in [3.8, 4) is 0 Å². The lowest BCUT2D eigenvalue weighted by Gasteiger charge is -2.29. The highest BCUT2D eigenvalue weighted by Crippen LogP contribution is 2.23. The minimum atomic E-state index is -0.252. The van der Waals surface area contributed by atoms with Gasteiger partial charge in [-0.15, -0.1) is 0 Å². The highest BCUT2D eigenvalue weighted by atomic mass is 19.1. The summed E-state index contributed by atoms with van der Waals surface area (Å²) in [5.74, 6) is 0.0175. The van der Waals surface area contributed by atoms with Gasteiger partial charge < -0.3 is 10.6 Å². The van der Waals surface area contributed by atoms with Crippen molar-refractivity contribution in [2.45, 2.75) is 39.3 Å². The Balaban J connectivity index is 2.67. The van der Waals surface area contributed by atoms with Gasteiger partial charge in [-0.3, -0.25) is 0 Å². The molecule has 0 aliphatic heterocycles. The van der Waals surface area contributed by atoms with Crippen LogP contribution in [0.4, 0.5) is 4.39 Å². The Hall–Kier alpha value is -0.930. The van der Waals surface area contributed by atoms with Crippen LogP contribution in [0.3, 0.4) is 0 Å². The van der Waals surface area contributed by atoms with E-state index in [-0.39, 0.29) is 17.8 Å². The summed E-state index contributed by atoms with van der Waals surface area (Å²) in [6, 6.07) is 7.06. The van der Waals surface area contributed by atoms with Crippen LogP contribution in [0.1, 0.15) is 38.8 Å². The van der Waals surface area contributed by atoms with Gasteiger partial charge in [0, 0.05) is 24.2 Å². The molecular formula is C15H25FN2. The molecule has 0 saturated carbocycles. The van der Waals surface area contributed by atoms with Crippen LogP contribution in [-0.4, -0.2) is 24.5 Å². The molecule has 0 bridgehead atoms. The summed E-state index contributed by atoms with van der Waals surface area (Å²) >= 11 is 0. The Kier molecular flexibility index (Phi) is 5.76. The van der Waals surface area contributed by atoms with Gasteiger partial charge in [-0.1, -0.05) is 32.0 Å². The quantitative estimate of drug-likeness (QED) is 0.842. The topological polar surface area (TPSA) is 29.3 Å². The van der Waals surface area contributed by atoms with Crippen molar-refractivity contribution in [1.29, 1.82) is 0 Å². The Morgan fingerprint density at radius 2 is 1.89 bits per heavy atom. The van der Waals surface area contributed by atoms with E-state index in [0.717, 1.165) is 13.0 Å². The second-order valence-electron chi connectivity index (χ2n) is 5.22. The number of halogens is 1. The van der Waals surface area contributed by atoms with E-state index < -0.39 is 0 Å². The van der Waals surface area contributed by atoms with Crippen LogP contribution in [0.5, 0.6) is 0 Å². The Bertz CT molecular complexity index is 367. The largest absolute Gasteiger partial charge is 0.324 e. The molecule has 0 spiro atoms. The average molecular weight is 252 g/mol. The van der Waals surface area contributed by atoms with Gasteiger partial charge in [-0.25, -0.2) is 4.39 Å². The lowest BCUT2D eigenvalue weighted by Crippen LogP contribution is -2.36. The van der Waals surface area contributed by atoms with Crippen LogP contribution >= 0.6 is 0 Å². The van der Waals surface area contributed by atoms with E-state index in [4.69, 9.17) is 5.73 Å². The fourth-order valence-electron chi connectivity index (χ4n) is 2.11. The van der Waals surface area contributed by atoms with E-state index in [2.05, 4.69) is 32.7 Å². The van der Waals surface area contributed by atoms with Gasteiger partial charge in [-0.2, -0.15) is 0 Å². The van der Waals surface area contributed by atoms with Crippen molar-refractivity contribution in [2.75, 3.05) is 13.6 Å². The van der Waals surface area contributed by atoms with Crippen LogP contribution in [-0.2, 0) is 0 Å². The number of rotatable bonds is 6. The molecular weight excluding hydrogens is 227 g/mol. The molecule has 1 aromatic rings. The van der Waals surface area contributed by atoms with Crippen molar-refractivity contribution in [3.63, 3.8) is 0 Å². The highest BCUT2D eigenvalue weighted by Gasteiger charge is 2.20. The van der Waals surface area contributed by atoms with Gasteiger partial charge in [0.15, 0.2) is 0 Å². The first-order valence-electron chi connectivity index (χ1n) is 6.67. The van der Waals surface area contributed by atoms with E-state index in [0.29, 0.717) is 11.6 Å². The van der Waals surface area contributed by atoms with Gasteiger partial charge in [-0.05, 0) is 32.4 Å². The molecule has 3 unspecified atom stereocenters. The molecule has 0 aromatic heterocycles. The Morgan fingerprint density at radius 3 is 2.44 bits per heavy atom. The van der Waals surface area contributed by atoms with Crippen LogP contribution in [0.25, 0.3) is 0 Å². The third kappa shape index (κ3) is 3.79. The number of nitrogens with zero attached hydrogens (tertiary/aromatic N) is 1. The van der Waals surface area contributed by atoms with E-state index in [1.807, 2.05) is 6.07 Å². The monoisotopic (exact) mass is 252 g/mol. The van der Waals surface area contributed by atoms with E-state index in [1.54, 1.807) is 12.1 Å². The second kappa shape index (κ2) is 6.86. The first-order chi connectivity index (χ1) is 8.47. The fraction of sp³-hybridized carbons (Fsp3) is 0.600. The molecule has 2 N–H and O–H groups in total. The summed E-state index contributed by atoms with van der Waals surface area (Å²) in [5, 5.41) is 0. The highest BCUT2D eigenvalue weighted by molar-refractivity contribution is 5.21. The normalized spacial score (nSPS) is 16.6. The molecule has 0 saturated heterocycles. The first kappa shape index (κ1) is 15.1. The lowest BCUT2D eigenvalue weighted by atomic mass is 9.94. The molecule has 0 aliphatic rings. The smallest absolute Gasteiger partial charge is 0.127 e. The van der Waals surface area contributed by atoms with Crippen molar-refractivity contribution >= 4 is 0 Å². The first-order valence-corrected chi connectivity index (χ1v) is 6.67. The maximum absolute atomic E-state index is 13.7. The minimum Gasteiger partial charge on any atom is -0.324 e. The second-order valence-corrected chi connectivity index (χ2v) is 5.22. The molecule has 2 nitrogen and oxygen atoms in total. The average Bonchev–Trinajstić information content (AvgIpc) is 2.37. The lowest BCUT2D eigenvalue weighted by molar-refractivity contribution is 0.205. The van der Waals surface area contributed by atoms with Gasteiger partial charge in [0.1, 0.15) is 5.82 Å². The SMILES string of the molecule is CCC(C)N(C)CC(C)C(N)c1ccccc1F. The zero-order valence-corrected chi connectivity index (χ0v) is 11.9. The fourth-order valence-corrected chi connectivity index (χ4v) is 2.11. The molecule has 102 valence electrons. The predicted octanol–water partition coefficient (Wildman–Crippen LogP) is 3.19. The molecule has 0 heterocycles. The predicted molar refractivity (Wildman–Crippen MR) is 74.9 cm³/mol. The molecule has 3 atom stereocenters. The van der Waals surface area contributed by atoms with Crippen molar-refractivity contribution in [1.82, 2.24) is 4.90 Å². The summed E-state index contributed by atoms with van der Waals surface area (Å²) in [6.07, 6.45) is 1.11. The number of hydrogen-bond acceptors (Lipinski definition) is 2. The molecule has 0 fully saturated rings. The molecule has 0 aliphatic carbocycles. The molecule has 1 aromatic carbocycles. The van der Waals surface area contributed by atoms with Gasteiger partial charge in [0.25, 0.3) is 0 Å². The summed E-state index contributed by atoms with van der Waals surface area (Å²) in [4.78, 5) is 2.28. The number of hydrogen-bond donors (Lipinski definition) is 1. The maximum atomic E-state index is 13.7. The van der Waals surface area contributed by atoms with Crippen molar-refractivity contribution < 1.29 is 4.39 Å². The van der Waals surface area contributed by atoms with Gasteiger partial charge in [0.05, 0.1) is 0 Å². The van der Waals surface area contributed by atoms with Crippen LogP contribution < -0.4 is 5.73 Å². The molecule has 0 radical (unpaired) electrons. The third-order valence-corrected chi connectivity index (χ3v) is 3.80. The molecule has 18 heavy (non-hydrogen) atoms. The molecule has 0 amide bonds. The van der Waals surface area contributed by atoms with E-state index in [9.17, 15) is 4.39 Å². The van der Waals surface area contributed by atoms with Crippen molar-refractivity contribution in [3.05, 3.63) is 35.6 Å². The number of nitrogens with two attached hydrogens (primary N) is 1. The number of benzene rings is 1. The van der Waals surface area contributed by atoms with Gasteiger partial charge in [0.2, 0.25) is 0 Å². The minimum absolute atomic E-state index is 0.206. The standard InChI is InChI=1S/C15H25FN2/c1-5-12(3)18(4)10-11(2)15(17)13-8-6-7-9-14(13)16/h6-9,11-12,15H,5,10,17H2,1-4H3. The van der Waals surface area contributed by atoms with Crippen molar-refractivity contribution in [2.24, 2.45) is 11.7 Å². The maximum Gasteiger partial charge on any atom is 0.127 e. The Morgan fingerprint density at radius 1 is 1.28 bits per heavy atom. The zero-order chi connectivity index (χ0) is 13.7. The summed E-state index contributed by atoms with van der Waals surface area (Å²) in [7, 11) is 2.10. The Labute approximate surface area is 110 Å². The summed E-state index contributed by atoms with van der Waals surface area (Å²) in [5.41, 5.74) is 6.78. The summed E-state index contributed by atoms with van der Waals surface area (Å²) < 4.78 is 13.7. The zero-order valence-electron chi connectivity index (χ0n) is 11.9. The van der Waals surface area contributed by atoms with Gasteiger partial charge >= 0.3 is 0 Å². The molecule has 3 heteroatoms. The third-order valence-electron chi connectivity index (χ3n) is 3.80. The van der Waals surface area contributed by atoms with Crippen LogP contribution in [0, 0.1) is 11.7 Å². The van der Waals surface area contributed by atoms with Crippen LogP contribution in [0.2, 0.25) is 0 Å². The summed E-state index contributed by atoms with van der Waals surface area (Å²) in [6.45, 7) is 7.32. The van der Waals surface area contributed by atoms with Crippen LogP contribution in [0.15, 0.2) is 24.3 Å². The van der Waals surface area contributed by atoms with E-state index in [1.165, 1.54) is 6.07 Å². The van der Waals surface area contributed by atoms with E-state index >= 15 is 0 Å².